The van der Waals surface area contributed by atoms with Crippen LogP contribution in [0.15, 0.2) is 81.9 Å². The Kier molecular flexibility index (Phi) is 6.38. The highest BCUT2D eigenvalue weighted by molar-refractivity contribution is 9.12. The first-order chi connectivity index (χ1) is 18.8. The quantitative estimate of drug-likeness (QED) is 0.308. The van der Waals surface area contributed by atoms with Gasteiger partial charge >= 0.3 is 0 Å². The molecule has 1 heterocycles. The van der Waals surface area contributed by atoms with E-state index in [2.05, 4.69) is 15.9 Å². The van der Waals surface area contributed by atoms with Crippen LogP contribution in [0.1, 0.15) is 36.8 Å². The number of allylic oxidation sites excluding steroid dienone is 6. The van der Waals surface area contributed by atoms with E-state index >= 15 is 0 Å². The monoisotopic (exact) mass is 587 g/mol. The molecule has 1 N–H and O–H groups in total. The third-order valence-corrected chi connectivity index (χ3v) is 8.81. The first-order valence-electron chi connectivity index (χ1n) is 13.0. The maximum absolute atomic E-state index is 13.8. The number of carbonyl (C=O) groups is 4. The molecule has 7 nitrogen and oxygen atoms in total. The zero-order chi connectivity index (χ0) is 27.4. The van der Waals surface area contributed by atoms with E-state index in [-0.39, 0.29) is 52.3 Å². The van der Waals surface area contributed by atoms with E-state index in [1.807, 2.05) is 43.3 Å². The molecule has 1 fully saturated rings. The lowest BCUT2D eigenvalue weighted by Gasteiger charge is -2.42. The maximum Gasteiger partial charge on any atom is 0.234 e. The number of imide groups is 1. The molecule has 2 aromatic rings. The van der Waals surface area contributed by atoms with Crippen LogP contribution in [-0.4, -0.2) is 40.0 Å². The average Bonchev–Trinajstić information content (AvgIpc) is 3.17. The van der Waals surface area contributed by atoms with Gasteiger partial charge in [-0.25, -0.2) is 0 Å². The molecule has 1 aliphatic heterocycles. The van der Waals surface area contributed by atoms with Crippen molar-refractivity contribution in [3.63, 3.8) is 0 Å². The van der Waals surface area contributed by atoms with Gasteiger partial charge in [0.15, 0.2) is 23.1 Å². The molecular weight excluding hydrogens is 562 g/mol. The summed E-state index contributed by atoms with van der Waals surface area (Å²) in [4.78, 5) is 55.4. The van der Waals surface area contributed by atoms with Crippen molar-refractivity contribution in [2.24, 2.45) is 17.8 Å². The van der Waals surface area contributed by atoms with Crippen LogP contribution in [0.25, 0.3) is 0 Å². The highest BCUT2D eigenvalue weighted by Crippen LogP contribution is 2.55. The molecule has 8 heteroatoms. The first-order valence-corrected chi connectivity index (χ1v) is 13.8. The third-order valence-electron chi connectivity index (χ3n) is 8.22. The van der Waals surface area contributed by atoms with Gasteiger partial charge in [-0.15, -0.1) is 0 Å². The number of rotatable bonds is 5. The summed E-state index contributed by atoms with van der Waals surface area (Å²) in [7, 11) is 0. The summed E-state index contributed by atoms with van der Waals surface area (Å²) in [5, 5.41) is 10.3. The van der Waals surface area contributed by atoms with Crippen LogP contribution in [-0.2, 0) is 25.7 Å². The number of halogens is 1. The van der Waals surface area contributed by atoms with E-state index in [9.17, 15) is 24.3 Å². The highest BCUT2D eigenvalue weighted by Gasteiger charge is 2.56. The van der Waals surface area contributed by atoms with Crippen molar-refractivity contribution in [2.75, 3.05) is 6.61 Å². The second-order valence-corrected chi connectivity index (χ2v) is 11.2. The van der Waals surface area contributed by atoms with E-state index < -0.39 is 23.7 Å². The average molecular weight is 588 g/mol. The number of likely N-dealkylation sites (tertiary alicyclic amines) is 1. The molecule has 198 valence electrons. The van der Waals surface area contributed by atoms with E-state index in [1.54, 1.807) is 12.1 Å². The molecule has 4 aliphatic rings. The molecule has 0 bridgehead atoms. The number of ketones is 2. The summed E-state index contributed by atoms with van der Waals surface area (Å²) < 4.78 is 5.80. The zero-order valence-corrected chi connectivity index (χ0v) is 22.8. The Morgan fingerprint density at radius 1 is 1.03 bits per heavy atom. The molecule has 6 rings (SSSR count). The fraction of sp³-hybridized carbons (Fsp3) is 0.290. The van der Waals surface area contributed by atoms with E-state index in [0.717, 1.165) is 11.1 Å². The maximum atomic E-state index is 13.8. The fourth-order valence-electron chi connectivity index (χ4n) is 6.55. The predicted molar refractivity (Wildman–Crippen MR) is 146 cm³/mol. The number of Topliss-reactive ketones (excluding diaryl/α,β-unsaturated/α-hetero) is 1. The Labute approximate surface area is 234 Å². The van der Waals surface area contributed by atoms with Crippen LogP contribution in [0.2, 0.25) is 0 Å². The second-order valence-electron chi connectivity index (χ2n) is 10.3. The number of carbonyl (C=O) groups excluding carboxylic acids is 4. The number of nitrogens with zero attached hydrogens (tertiary/aromatic N) is 1. The molecule has 39 heavy (non-hydrogen) atoms. The fourth-order valence-corrected chi connectivity index (χ4v) is 7.00. The number of amides is 2. The Morgan fingerprint density at radius 2 is 1.79 bits per heavy atom. The van der Waals surface area contributed by atoms with Gasteiger partial charge in [0.2, 0.25) is 11.8 Å². The Balaban J connectivity index is 1.45. The van der Waals surface area contributed by atoms with Crippen LogP contribution in [0.5, 0.6) is 11.5 Å². The first kappa shape index (κ1) is 25.5. The minimum atomic E-state index is -0.617. The topological polar surface area (TPSA) is 101 Å². The van der Waals surface area contributed by atoms with Crippen LogP contribution < -0.4 is 4.74 Å². The van der Waals surface area contributed by atoms with Crippen molar-refractivity contribution in [3.05, 3.63) is 93.0 Å². The van der Waals surface area contributed by atoms with Gasteiger partial charge in [0, 0.05) is 23.1 Å². The lowest BCUT2D eigenvalue weighted by atomic mass is 9.59. The summed E-state index contributed by atoms with van der Waals surface area (Å²) in [6.45, 7) is 2.35. The molecule has 0 saturated carbocycles. The molecule has 0 aromatic heterocycles. The highest BCUT2D eigenvalue weighted by atomic mass is 79.9. The van der Waals surface area contributed by atoms with Crippen LogP contribution >= 0.6 is 15.9 Å². The summed E-state index contributed by atoms with van der Waals surface area (Å²) in [5.41, 5.74) is 3.17. The molecular formula is C31H26BrNO6. The number of hydrogen-bond donors (Lipinski definition) is 1. The molecule has 2 amide bonds. The molecule has 3 aliphatic carbocycles. The van der Waals surface area contributed by atoms with Crippen molar-refractivity contribution in [2.45, 2.75) is 32.2 Å². The van der Waals surface area contributed by atoms with Gasteiger partial charge < -0.3 is 9.84 Å². The van der Waals surface area contributed by atoms with Gasteiger partial charge in [0.05, 0.1) is 29.5 Å². The largest absolute Gasteiger partial charge is 0.504 e. The van der Waals surface area contributed by atoms with Crippen molar-refractivity contribution >= 4 is 39.3 Å². The van der Waals surface area contributed by atoms with E-state index in [1.165, 1.54) is 17.0 Å². The lowest BCUT2D eigenvalue weighted by Crippen LogP contribution is -2.39. The second kappa shape index (κ2) is 9.75. The number of ether oxygens (including phenoxy) is 1. The Morgan fingerprint density at radius 3 is 2.54 bits per heavy atom. The third kappa shape index (κ3) is 4.09. The van der Waals surface area contributed by atoms with Crippen molar-refractivity contribution < 1.29 is 29.0 Å². The van der Waals surface area contributed by atoms with Gasteiger partial charge in [0.25, 0.3) is 0 Å². The molecule has 0 radical (unpaired) electrons. The number of benzene rings is 2. The molecule has 1 saturated heterocycles. The van der Waals surface area contributed by atoms with Gasteiger partial charge in [-0.1, -0.05) is 48.0 Å². The van der Waals surface area contributed by atoms with E-state index in [0.29, 0.717) is 29.7 Å². The zero-order valence-electron chi connectivity index (χ0n) is 21.2. The summed E-state index contributed by atoms with van der Waals surface area (Å²) >= 11 is 3.25. The standard InChI is InChI=1S/C31H26BrNO6/c1-2-39-25-12-17(8-11-23(25)34)26-18-9-10-19-27(20(18)13-21-28(26)24(35)14-22(32)29(21)36)31(38)33(30(19)37)15-16-6-4-3-5-7-16/h3-9,11-12,14,19-20,26-27,34H,2,10,13,15H2,1H3. The van der Waals surface area contributed by atoms with Crippen molar-refractivity contribution in [1.29, 1.82) is 0 Å². The van der Waals surface area contributed by atoms with Crippen LogP contribution in [0.3, 0.4) is 0 Å². The minimum absolute atomic E-state index is 0.0262. The Bertz CT molecular complexity index is 1520. The smallest absolute Gasteiger partial charge is 0.234 e. The lowest BCUT2D eigenvalue weighted by molar-refractivity contribution is -0.140. The van der Waals surface area contributed by atoms with Gasteiger partial charge in [-0.3, -0.25) is 24.1 Å². The molecule has 2 aromatic carbocycles. The Hall–Kier alpha value is -3.78. The normalized spacial score (nSPS) is 26.2. The molecule has 4 atom stereocenters. The number of phenols is 1. The minimum Gasteiger partial charge on any atom is -0.504 e. The van der Waals surface area contributed by atoms with Gasteiger partial charge in [0.1, 0.15) is 0 Å². The molecule has 4 unspecified atom stereocenters. The summed E-state index contributed by atoms with van der Waals surface area (Å²) in [6, 6.07) is 14.3. The van der Waals surface area contributed by atoms with Crippen LogP contribution in [0.4, 0.5) is 0 Å². The predicted octanol–water partition coefficient (Wildman–Crippen LogP) is 4.75. The van der Waals surface area contributed by atoms with Gasteiger partial charge in [-0.2, -0.15) is 0 Å². The summed E-state index contributed by atoms with van der Waals surface area (Å²) in [6.07, 6.45) is 3.87. The van der Waals surface area contributed by atoms with Crippen LogP contribution in [0, 0.1) is 17.8 Å². The van der Waals surface area contributed by atoms with Gasteiger partial charge in [-0.05, 0) is 64.9 Å². The van der Waals surface area contributed by atoms with Crippen molar-refractivity contribution in [3.8, 4) is 11.5 Å². The summed E-state index contributed by atoms with van der Waals surface area (Å²) in [5.74, 6) is -2.87. The van der Waals surface area contributed by atoms with Crippen molar-refractivity contribution in [1.82, 2.24) is 4.90 Å². The SMILES string of the molecule is CCOc1cc(C2C3=CCC4C(=O)N(Cc5ccccc5)C(=O)C4C3CC3=C2C(=O)C=C(Br)C3=O)ccc1O. The number of aromatic hydroxyl groups is 1. The molecule has 0 spiro atoms. The number of hydrogen-bond acceptors (Lipinski definition) is 6. The van der Waals surface area contributed by atoms with E-state index in [4.69, 9.17) is 4.74 Å². The number of fused-ring (bicyclic) bond motifs is 3. The number of phenolic OH excluding ortho intramolecular Hbond substituents is 1.